The molecule has 0 bridgehead atoms. The Labute approximate surface area is 172 Å². The maximum Gasteiger partial charge on any atom is 0.300 e. The van der Waals surface area contributed by atoms with E-state index in [2.05, 4.69) is 34.3 Å². The third-order valence-corrected chi connectivity index (χ3v) is 4.43. The minimum atomic E-state index is -0.418. The number of rotatable bonds is 9. The first-order chi connectivity index (χ1) is 13.9. The molecule has 29 heavy (non-hydrogen) atoms. The first-order valence-corrected chi connectivity index (χ1v) is 10.1. The maximum absolute atomic E-state index is 12.1. The number of fused-ring (bicyclic) bond motifs is 1. The number of benzene rings is 1. The number of aromatic nitrogens is 2. The second kappa shape index (κ2) is 10.6. The highest BCUT2D eigenvalue weighted by atomic mass is 16.5. The number of ketones is 1. The Hall–Kier alpha value is -2.94. The summed E-state index contributed by atoms with van der Waals surface area (Å²) in [6, 6.07) is 3.58. The third-order valence-electron chi connectivity index (χ3n) is 4.43. The summed E-state index contributed by atoms with van der Waals surface area (Å²) in [5.74, 6) is 5.03. The molecule has 1 N–H and O–H groups in total. The fraction of sp³-hybridized carbons (Fsp3) is 0.478. The van der Waals surface area contributed by atoms with Crippen molar-refractivity contribution in [1.82, 2.24) is 10.2 Å². The maximum atomic E-state index is 12.1. The summed E-state index contributed by atoms with van der Waals surface area (Å²) in [6.45, 7) is 9.08. The van der Waals surface area contributed by atoms with Crippen LogP contribution in [-0.2, 0) is 11.2 Å². The summed E-state index contributed by atoms with van der Waals surface area (Å²) < 4.78 is 5.87. The molecule has 1 amide bonds. The second-order valence-electron chi connectivity index (χ2n) is 7.26. The minimum absolute atomic E-state index is 0.0849. The highest BCUT2D eigenvalue weighted by Crippen LogP contribution is 2.33. The van der Waals surface area contributed by atoms with Gasteiger partial charge in [-0.2, -0.15) is 0 Å². The van der Waals surface area contributed by atoms with Gasteiger partial charge in [-0.1, -0.05) is 32.1 Å². The number of Topliss-reactive ketones (excluding diaryl/α,β-unsaturated/α-hetero) is 1. The Morgan fingerprint density at radius 3 is 2.55 bits per heavy atom. The highest BCUT2D eigenvalue weighted by molar-refractivity contribution is 6.06. The number of amides is 1. The van der Waals surface area contributed by atoms with Crippen molar-refractivity contribution in [2.45, 2.75) is 72.8 Å². The van der Waals surface area contributed by atoms with Crippen molar-refractivity contribution in [3.63, 3.8) is 0 Å². The molecule has 0 fully saturated rings. The number of nitrogens with one attached hydrogen (secondary N) is 1. The van der Waals surface area contributed by atoms with Gasteiger partial charge in [0.2, 0.25) is 0 Å². The number of carbonyl (C=O) groups excluding carboxylic acids is 2. The van der Waals surface area contributed by atoms with Gasteiger partial charge in [0.25, 0.3) is 5.91 Å². The number of aryl methyl sites for hydroxylation is 1. The van der Waals surface area contributed by atoms with Crippen molar-refractivity contribution in [2.75, 3.05) is 5.32 Å². The molecule has 1 aromatic carbocycles. The zero-order valence-electron chi connectivity index (χ0n) is 17.9. The Morgan fingerprint density at radius 1 is 1.17 bits per heavy atom. The van der Waals surface area contributed by atoms with E-state index in [1.54, 1.807) is 13.0 Å². The molecular weight excluding hydrogens is 366 g/mol. The highest BCUT2D eigenvalue weighted by Gasteiger charge is 2.18. The van der Waals surface area contributed by atoms with E-state index in [9.17, 15) is 9.59 Å². The van der Waals surface area contributed by atoms with Gasteiger partial charge in [-0.25, -0.2) is 0 Å². The van der Waals surface area contributed by atoms with Gasteiger partial charge in [0.1, 0.15) is 11.4 Å². The van der Waals surface area contributed by atoms with Crippen LogP contribution in [0.1, 0.15) is 76.4 Å². The molecule has 0 saturated heterocycles. The SMILES string of the molecule is CC#CC(=O)Nc1cc2c(CCCCCC)c(C(C)=O)nnc2cc1OC(C)C. The van der Waals surface area contributed by atoms with Crippen LogP contribution in [0.25, 0.3) is 10.9 Å². The van der Waals surface area contributed by atoms with Gasteiger partial charge < -0.3 is 10.1 Å². The van der Waals surface area contributed by atoms with Crippen LogP contribution in [0, 0.1) is 11.8 Å². The lowest BCUT2D eigenvalue weighted by Gasteiger charge is -2.17. The molecule has 2 aromatic rings. The molecule has 0 spiro atoms. The summed E-state index contributed by atoms with van der Waals surface area (Å²) in [5, 5.41) is 12.0. The fourth-order valence-electron chi connectivity index (χ4n) is 3.17. The molecule has 0 aliphatic carbocycles. The molecule has 0 atom stereocenters. The molecule has 154 valence electrons. The van der Waals surface area contributed by atoms with Crippen molar-refractivity contribution < 1.29 is 14.3 Å². The normalized spacial score (nSPS) is 10.6. The third kappa shape index (κ3) is 6.02. The van der Waals surface area contributed by atoms with Crippen LogP contribution in [0.4, 0.5) is 5.69 Å². The fourth-order valence-corrected chi connectivity index (χ4v) is 3.17. The van der Waals surface area contributed by atoms with Crippen molar-refractivity contribution in [3.8, 4) is 17.6 Å². The minimum Gasteiger partial charge on any atom is -0.489 e. The van der Waals surface area contributed by atoms with Gasteiger partial charge in [-0.05, 0) is 51.2 Å². The number of carbonyl (C=O) groups is 2. The molecule has 0 saturated carbocycles. The molecule has 2 rings (SSSR count). The van der Waals surface area contributed by atoms with Crippen LogP contribution in [0.3, 0.4) is 0 Å². The predicted molar refractivity (Wildman–Crippen MR) is 115 cm³/mol. The Kier molecular flexibility index (Phi) is 8.14. The number of hydrogen-bond donors (Lipinski definition) is 1. The molecule has 1 aromatic heterocycles. The Morgan fingerprint density at radius 2 is 1.93 bits per heavy atom. The summed E-state index contributed by atoms with van der Waals surface area (Å²) in [6.07, 6.45) is 4.98. The molecule has 0 aliphatic heterocycles. The van der Waals surface area contributed by atoms with Crippen LogP contribution in [0.2, 0.25) is 0 Å². The molecule has 6 nitrogen and oxygen atoms in total. The number of hydrogen-bond acceptors (Lipinski definition) is 5. The molecule has 6 heteroatoms. The quantitative estimate of drug-likeness (QED) is 0.378. The van der Waals surface area contributed by atoms with E-state index >= 15 is 0 Å². The molecule has 0 unspecified atom stereocenters. The molecular formula is C23H29N3O3. The van der Waals surface area contributed by atoms with E-state index in [1.807, 2.05) is 19.9 Å². The lowest BCUT2D eigenvalue weighted by Crippen LogP contribution is -2.13. The standard InChI is InChI=1S/C23H29N3O3/c1-6-8-9-10-12-17-18-13-20(24-22(28)11-7-2)21(29-15(3)4)14-19(18)25-26-23(17)16(5)27/h13-15H,6,8-10,12H2,1-5H3,(H,24,28). The first-order valence-electron chi connectivity index (χ1n) is 10.1. The van der Waals surface area contributed by atoms with Gasteiger partial charge in [-0.3, -0.25) is 9.59 Å². The molecule has 0 aliphatic rings. The van der Waals surface area contributed by atoms with Crippen molar-refractivity contribution in [3.05, 3.63) is 23.4 Å². The van der Waals surface area contributed by atoms with Gasteiger partial charge in [0.05, 0.1) is 17.3 Å². The van der Waals surface area contributed by atoms with Crippen molar-refractivity contribution in [2.24, 2.45) is 0 Å². The van der Waals surface area contributed by atoms with E-state index in [0.717, 1.165) is 43.1 Å². The summed E-state index contributed by atoms with van der Waals surface area (Å²) in [4.78, 5) is 24.2. The second-order valence-corrected chi connectivity index (χ2v) is 7.26. The van der Waals surface area contributed by atoms with Crippen LogP contribution in [0.5, 0.6) is 5.75 Å². The van der Waals surface area contributed by atoms with Crippen molar-refractivity contribution >= 4 is 28.3 Å². The van der Waals surface area contributed by atoms with Crippen molar-refractivity contribution in [1.29, 1.82) is 0 Å². The topological polar surface area (TPSA) is 81.2 Å². The average molecular weight is 396 g/mol. The van der Waals surface area contributed by atoms with Gasteiger partial charge in [-0.15, -0.1) is 10.2 Å². The number of ether oxygens (including phenoxy) is 1. The van der Waals surface area contributed by atoms with E-state index in [0.29, 0.717) is 22.6 Å². The molecule has 1 heterocycles. The van der Waals surface area contributed by atoms with E-state index in [-0.39, 0.29) is 11.9 Å². The average Bonchev–Trinajstić information content (AvgIpc) is 2.65. The first kappa shape index (κ1) is 22.4. The predicted octanol–water partition coefficient (Wildman–Crippen LogP) is 4.70. The zero-order chi connectivity index (χ0) is 21.4. The summed E-state index contributed by atoms with van der Waals surface area (Å²) in [7, 11) is 0. The van der Waals surface area contributed by atoms with Crippen LogP contribution < -0.4 is 10.1 Å². The largest absolute Gasteiger partial charge is 0.489 e. The van der Waals surface area contributed by atoms with E-state index < -0.39 is 5.91 Å². The Balaban J connectivity index is 2.60. The molecule has 0 radical (unpaired) electrons. The van der Waals surface area contributed by atoms with E-state index in [1.165, 1.54) is 6.92 Å². The smallest absolute Gasteiger partial charge is 0.300 e. The zero-order valence-corrected chi connectivity index (χ0v) is 17.9. The number of unbranched alkanes of at least 4 members (excludes halogenated alkanes) is 3. The van der Waals surface area contributed by atoms with Gasteiger partial charge in [0, 0.05) is 18.4 Å². The summed E-state index contributed by atoms with van der Waals surface area (Å²) in [5.41, 5.74) is 2.40. The number of nitrogens with zero attached hydrogens (tertiary/aromatic N) is 2. The lowest BCUT2D eigenvalue weighted by molar-refractivity contribution is -0.111. The van der Waals surface area contributed by atoms with Gasteiger partial charge in [0.15, 0.2) is 5.78 Å². The monoisotopic (exact) mass is 395 g/mol. The van der Waals surface area contributed by atoms with Crippen LogP contribution >= 0.6 is 0 Å². The van der Waals surface area contributed by atoms with Crippen LogP contribution in [-0.4, -0.2) is 28.0 Å². The number of anilines is 1. The van der Waals surface area contributed by atoms with Crippen LogP contribution in [0.15, 0.2) is 12.1 Å². The van der Waals surface area contributed by atoms with E-state index in [4.69, 9.17) is 4.74 Å². The van der Waals surface area contributed by atoms with Gasteiger partial charge >= 0.3 is 0 Å². The summed E-state index contributed by atoms with van der Waals surface area (Å²) >= 11 is 0. The lowest BCUT2D eigenvalue weighted by atomic mass is 9.98. The Bertz CT molecular complexity index is 955.